The summed E-state index contributed by atoms with van der Waals surface area (Å²) < 4.78 is 0. The van der Waals surface area contributed by atoms with E-state index in [0.29, 0.717) is 5.56 Å². The van der Waals surface area contributed by atoms with Gasteiger partial charge in [0, 0.05) is 6.42 Å². The second kappa shape index (κ2) is 15.7. The van der Waals surface area contributed by atoms with E-state index in [9.17, 15) is 43.8 Å². The number of nitrogens with one attached hydrogen (secondary N) is 4. The van der Waals surface area contributed by atoms with E-state index >= 15 is 0 Å². The first-order chi connectivity index (χ1) is 19.0. The van der Waals surface area contributed by atoms with Gasteiger partial charge < -0.3 is 53.2 Å². The molecule has 0 bridgehead atoms. The number of amides is 5. The Labute approximate surface area is 233 Å². The van der Waals surface area contributed by atoms with Gasteiger partial charge in [-0.2, -0.15) is 0 Å². The average molecular weight is 583 g/mol. The second-order valence-electron chi connectivity index (χ2n) is 9.16. The van der Waals surface area contributed by atoms with E-state index in [2.05, 4.69) is 16.0 Å². The molecule has 12 N–H and O–H groups in total. The standard InChI is InChI=1S/C24H34N6O11/c1-10(20(36)30-16(24(40)41)9-18(34)35)27-21(37)15(8-17(25)33)28-22(38)14(29-23(39)19(26)11(2)31)7-12-3-5-13(32)6-4-12/h3-6,10-11,14-16,19,31-32H,7-9,26H2,1-2H3,(H2,25,33)(H,27,37)(H,28,38)(H,29,39)(H,30,36)(H,34,35)(H,40,41)/t10-,11+,14-,15-,16-,19-/m0/s1. The maximum absolute atomic E-state index is 13.2. The number of nitrogens with two attached hydrogens (primary N) is 2. The van der Waals surface area contributed by atoms with Gasteiger partial charge in [0.25, 0.3) is 0 Å². The topological polar surface area (TPSA) is 301 Å². The summed E-state index contributed by atoms with van der Waals surface area (Å²) >= 11 is 0. The molecular formula is C24H34N6O11. The SMILES string of the molecule is C[C@H](NC(=O)[C@H](CC(N)=O)NC(=O)[C@H](Cc1ccc(O)cc1)NC(=O)[C@@H](N)[C@@H](C)O)C(=O)N[C@@H](CC(=O)O)C(=O)O. The third kappa shape index (κ3) is 11.9. The summed E-state index contributed by atoms with van der Waals surface area (Å²) in [5.41, 5.74) is 11.3. The lowest BCUT2D eigenvalue weighted by Gasteiger charge is -2.25. The molecule has 0 heterocycles. The first-order valence-corrected chi connectivity index (χ1v) is 12.2. The zero-order valence-electron chi connectivity index (χ0n) is 22.2. The molecule has 5 amide bonds. The lowest BCUT2D eigenvalue weighted by Crippen LogP contribution is -2.59. The number of aromatic hydroxyl groups is 1. The van der Waals surface area contributed by atoms with Gasteiger partial charge in [0.15, 0.2) is 0 Å². The Hall–Kier alpha value is -4.77. The molecule has 0 fully saturated rings. The monoisotopic (exact) mass is 582 g/mol. The summed E-state index contributed by atoms with van der Waals surface area (Å²) in [5.74, 6) is -8.25. The average Bonchev–Trinajstić information content (AvgIpc) is 2.87. The molecule has 0 saturated carbocycles. The Morgan fingerprint density at radius 1 is 0.756 bits per heavy atom. The number of phenols is 1. The smallest absolute Gasteiger partial charge is 0.326 e. The maximum atomic E-state index is 13.2. The number of primary amides is 1. The molecule has 17 nitrogen and oxygen atoms in total. The Kier molecular flexibility index (Phi) is 13.1. The third-order valence-electron chi connectivity index (χ3n) is 5.62. The summed E-state index contributed by atoms with van der Waals surface area (Å²) in [4.78, 5) is 84.5. The highest BCUT2D eigenvalue weighted by molar-refractivity contribution is 5.97. The van der Waals surface area contributed by atoms with Crippen molar-refractivity contribution >= 4 is 41.5 Å². The van der Waals surface area contributed by atoms with Gasteiger partial charge in [0.2, 0.25) is 29.5 Å². The third-order valence-corrected chi connectivity index (χ3v) is 5.62. The van der Waals surface area contributed by atoms with Crippen LogP contribution in [0.15, 0.2) is 24.3 Å². The number of carbonyl (C=O) groups is 7. The van der Waals surface area contributed by atoms with E-state index < -0.39 is 90.6 Å². The minimum absolute atomic E-state index is 0.0658. The van der Waals surface area contributed by atoms with Crippen LogP contribution < -0.4 is 32.7 Å². The van der Waals surface area contributed by atoms with Crippen molar-refractivity contribution in [1.82, 2.24) is 21.3 Å². The summed E-state index contributed by atoms with van der Waals surface area (Å²) in [6.07, 6.45) is -3.12. The highest BCUT2D eigenvalue weighted by atomic mass is 16.4. The fraction of sp³-hybridized carbons (Fsp3) is 0.458. The van der Waals surface area contributed by atoms with Crippen LogP contribution in [0.2, 0.25) is 0 Å². The van der Waals surface area contributed by atoms with E-state index in [-0.39, 0.29) is 12.2 Å². The molecule has 0 spiro atoms. The summed E-state index contributed by atoms with van der Waals surface area (Å²) in [6.45, 7) is 2.39. The zero-order chi connectivity index (χ0) is 31.4. The molecule has 6 atom stereocenters. The van der Waals surface area contributed by atoms with Crippen molar-refractivity contribution in [3.05, 3.63) is 29.8 Å². The van der Waals surface area contributed by atoms with Crippen molar-refractivity contribution in [1.29, 1.82) is 0 Å². The number of aliphatic hydroxyl groups is 1. The van der Waals surface area contributed by atoms with Crippen molar-refractivity contribution in [2.45, 2.75) is 69.4 Å². The summed E-state index contributed by atoms with van der Waals surface area (Å²) in [6, 6.07) is -2.13. The predicted molar refractivity (Wildman–Crippen MR) is 139 cm³/mol. The van der Waals surface area contributed by atoms with Gasteiger partial charge in [-0.15, -0.1) is 0 Å². The van der Waals surface area contributed by atoms with E-state index in [4.69, 9.17) is 21.7 Å². The fourth-order valence-electron chi connectivity index (χ4n) is 3.30. The van der Waals surface area contributed by atoms with E-state index in [1.165, 1.54) is 31.2 Å². The molecule has 1 rings (SSSR count). The van der Waals surface area contributed by atoms with Crippen molar-refractivity contribution in [3.63, 3.8) is 0 Å². The van der Waals surface area contributed by atoms with E-state index in [0.717, 1.165) is 6.92 Å². The van der Waals surface area contributed by atoms with Gasteiger partial charge in [-0.05, 0) is 31.5 Å². The van der Waals surface area contributed by atoms with Gasteiger partial charge in [-0.25, -0.2) is 4.79 Å². The molecule has 0 unspecified atom stereocenters. The molecule has 1 aromatic rings. The Morgan fingerprint density at radius 3 is 1.76 bits per heavy atom. The fourth-order valence-corrected chi connectivity index (χ4v) is 3.30. The van der Waals surface area contributed by atoms with Crippen LogP contribution in [0.25, 0.3) is 0 Å². The minimum Gasteiger partial charge on any atom is -0.508 e. The summed E-state index contributed by atoms with van der Waals surface area (Å²) in [5, 5.41) is 45.8. The highest BCUT2D eigenvalue weighted by Crippen LogP contribution is 2.12. The van der Waals surface area contributed by atoms with E-state index in [1.54, 1.807) is 0 Å². The van der Waals surface area contributed by atoms with Crippen molar-refractivity contribution in [2.75, 3.05) is 0 Å². The van der Waals surface area contributed by atoms with Crippen LogP contribution in [0.4, 0.5) is 0 Å². The van der Waals surface area contributed by atoms with Crippen LogP contribution >= 0.6 is 0 Å². The Balaban J connectivity index is 3.10. The van der Waals surface area contributed by atoms with E-state index in [1.807, 2.05) is 5.32 Å². The molecule has 0 aliphatic rings. The van der Waals surface area contributed by atoms with Gasteiger partial charge in [-0.3, -0.25) is 28.8 Å². The Morgan fingerprint density at radius 2 is 1.27 bits per heavy atom. The highest BCUT2D eigenvalue weighted by Gasteiger charge is 2.32. The van der Waals surface area contributed by atoms with Crippen LogP contribution in [0.3, 0.4) is 0 Å². The number of phenolic OH excluding ortho intramolecular Hbond substituents is 1. The van der Waals surface area contributed by atoms with Gasteiger partial charge in [-0.1, -0.05) is 12.1 Å². The Bertz CT molecular complexity index is 1140. The molecule has 0 aliphatic carbocycles. The predicted octanol–water partition coefficient (Wildman–Crippen LogP) is -3.96. The van der Waals surface area contributed by atoms with Crippen molar-refractivity contribution < 1.29 is 54.0 Å². The lowest BCUT2D eigenvalue weighted by molar-refractivity contribution is -0.147. The molecule has 41 heavy (non-hydrogen) atoms. The van der Waals surface area contributed by atoms with Crippen molar-refractivity contribution in [2.24, 2.45) is 11.5 Å². The van der Waals surface area contributed by atoms with Gasteiger partial charge in [0.05, 0.1) is 18.9 Å². The number of carboxylic acids is 2. The normalized spacial score (nSPS) is 15.1. The van der Waals surface area contributed by atoms with Crippen LogP contribution in [-0.4, -0.2) is 98.2 Å². The molecule has 0 saturated heterocycles. The van der Waals surface area contributed by atoms with Crippen LogP contribution in [0.5, 0.6) is 5.75 Å². The molecule has 1 aromatic carbocycles. The number of carbonyl (C=O) groups excluding carboxylic acids is 5. The number of aliphatic carboxylic acids is 2. The maximum Gasteiger partial charge on any atom is 0.326 e. The lowest BCUT2D eigenvalue weighted by atomic mass is 10.0. The van der Waals surface area contributed by atoms with Crippen LogP contribution in [0, 0.1) is 0 Å². The number of aliphatic hydroxyl groups excluding tert-OH is 1. The number of carboxylic acid groups (broad SMARTS) is 2. The first kappa shape index (κ1) is 34.3. The summed E-state index contributed by atoms with van der Waals surface area (Å²) in [7, 11) is 0. The first-order valence-electron chi connectivity index (χ1n) is 12.2. The number of benzene rings is 1. The number of rotatable bonds is 16. The van der Waals surface area contributed by atoms with Crippen molar-refractivity contribution in [3.8, 4) is 5.75 Å². The quantitative estimate of drug-likeness (QED) is 0.0893. The molecular weight excluding hydrogens is 548 g/mol. The molecule has 0 radical (unpaired) electrons. The zero-order valence-corrected chi connectivity index (χ0v) is 22.2. The number of hydrogen-bond acceptors (Lipinski definition) is 10. The largest absolute Gasteiger partial charge is 0.508 e. The molecule has 17 heteroatoms. The second-order valence-corrected chi connectivity index (χ2v) is 9.16. The van der Waals surface area contributed by atoms with Crippen LogP contribution in [0.1, 0.15) is 32.3 Å². The molecule has 226 valence electrons. The van der Waals surface area contributed by atoms with Gasteiger partial charge in [0.1, 0.15) is 36.0 Å². The van der Waals surface area contributed by atoms with Gasteiger partial charge >= 0.3 is 11.9 Å². The molecule has 0 aliphatic heterocycles. The molecule has 0 aromatic heterocycles. The van der Waals surface area contributed by atoms with Crippen LogP contribution in [-0.2, 0) is 40.0 Å². The number of hydrogen-bond donors (Lipinski definition) is 10. The minimum atomic E-state index is -1.79.